The van der Waals surface area contributed by atoms with E-state index in [0.29, 0.717) is 6.42 Å². The van der Waals surface area contributed by atoms with Gasteiger partial charge < -0.3 is 9.84 Å². The molecule has 0 aromatic rings. The number of carboxylic acid groups (broad SMARTS) is 1. The summed E-state index contributed by atoms with van der Waals surface area (Å²) in [5.74, 6) is -1.27. The molecule has 0 bridgehead atoms. The van der Waals surface area contributed by atoms with E-state index in [0.717, 1.165) is 6.42 Å². The van der Waals surface area contributed by atoms with Crippen molar-refractivity contribution in [3.8, 4) is 0 Å². The molecule has 75 valence electrons. The Morgan fingerprint density at radius 3 is 2.33 bits per heavy atom. The number of hydrogen-bond acceptors (Lipinski definition) is 3. The molecule has 0 fully saturated rings. The maximum absolute atomic E-state index is 10.6. The number of hydrogen-bond donors (Lipinski definition) is 1. The van der Waals surface area contributed by atoms with E-state index in [9.17, 15) is 9.59 Å². The van der Waals surface area contributed by atoms with Crippen LogP contribution in [0.2, 0.25) is 0 Å². The van der Waals surface area contributed by atoms with Crippen LogP contribution in [0.4, 0.5) is 0 Å². The Hall–Kier alpha value is -0.541. The van der Waals surface area contributed by atoms with Gasteiger partial charge in [-0.05, 0) is 6.42 Å². The predicted molar refractivity (Wildman–Crippen MR) is 38.1 cm³/mol. The second-order valence-electron chi connectivity index (χ2n) is 2.11. The van der Waals surface area contributed by atoms with Gasteiger partial charge in [-0.2, -0.15) is 0 Å². The minimum atomic E-state index is -0.950. The molecule has 0 unspecified atom stereocenters. The van der Waals surface area contributed by atoms with E-state index in [1.165, 1.54) is 0 Å². The minimum absolute atomic E-state index is 0. The third kappa shape index (κ3) is 9.46. The van der Waals surface area contributed by atoms with Gasteiger partial charge in [0.1, 0.15) is 6.61 Å². The molecule has 4 nitrogen and oxygen atoms in total. The third-order valence-corrected chi connectivity index (χ3v) is 1.03. The molecular weight excluding hydrogens is 212 g/mol. The van der Waals surface area contributed by atoms with Crippen LogP contribution < -0.4 is 0 Å². The van der Waals surface area contributed by atoms with Gasteiger partial charge in [0.2, 0.25) is 0 Å². The van der Waals surface area contributed by atoms with E-state index < -0.39 is 5.97 Å². The van der Waals surface area contributed by atoms with Crippen molar-refractivity contribution >= 4 is 11.9 Å². The standard InChI is InChI=1S/C7H12O4.Cu/c1-2-3-7(10)11-5-4-6(8)9;/h2-5H2,1H3,(H,8,9);. The van der Waals surface area contributed by atoms with Crippen LogP contribution in [-0.2, 0) is 31.4 Å². The number of rotatable bonds is 5. The topological polar surface area (TPSA) is 63.6 Å². The number of carbonyl (C=O) groups excluding carboxylic acids is 1. The smallest absolute Gasteiger partial charge is 0.306 e. The first-order valence-electron chi connectivity index (χ1n) is 3.54. The van der Waals surface area contributed by atoms with Gasteiger partial charge >= 0.3 is 11.9 Å². The zero-order valence-electron chi connectivity index (χ0n) is 6.80. The van der Waals surface area contributed by atoms with E-state index in [4.69, 9.17) is 5.11 Å². The zero-order valence-corrected chi connectivity index (χ0v) is 7.74. The van der Waals surface area contributed by atoms with Crippen molar-refractivity contribution in [3.05, 3.63) is 0 Å². The molecule has 0 aromatic carbocycles. The van der Waals surface area contributed by atoms with Gasteiger partial charge in [-0.3, -0.25) is 9.59 Å². The zero-order chi connectivity index (χ0) is 8.69. The number of esters is 1. The van der Waals surface area contributed by atoms with Crippen LogP contribution >= 0.6 is 0 Å². The van der Waals surface area contributed by atoms with E-state index in [2.05, 4.69) is 4.74 Å². The Kier molecular flexibility index (Phi) is 9.99. The van der Waals surface area contributed by atoms with Crippen molar-refractivity contribution in [3.63, 3.8) is 0 Å². The summed E-state index contributed by atoms with van der Waals surface area (Å²) < 4.78 is 4.57. The summed E-state index contributed by atoms with van der Waals surface area (Å²) in [6.07, 6.45) is 0.973. The SMILES string of the molecule is CCCC(=O)OCCC(=O)O.[Cu]. The van der Waals surface area contributed by atoms with Gasteiger partial charge in [-0.1, -0.05) is 6.92 Å². The molecule has 0 aliphatic heterocycles. The second-order valence-corrected chi connectivity index (χ2v) is 2.11. The van der Waals surface area contributed by atoms with Crippen LogP contribution in [0, 0.1) is 0 Å². The first-order chi connectivity index (χ1) is 5.16. The van der Waals surface area contributed by atoms with Crippen LogP contribution in [0.25, 0.3) is 0 Å². The fraction of sp³-hybridized carbons (Fsp3) is 0.714. The number of aliphatic carboxylic acids is 1. The Morgan fingerprint density at radius 1 is 1.33 bits per heavy atom. The molecule has 0 aliphatic carbocycles. The van der Waals surface area contributed by atoms with Crippen molar-refractivity contribution in [2.24, 2.45) is 0 Å². The molecule has 1 radical (unpaired) electrons. The molecule has 0 atom stereocenters. The summed E-state index contributed by atoms with van der Waals surface area (Å²) in [4.78, 5) is 20.6. The van der Waals surface area contributed by atoms with Gasteiger partial charge in [-0.25, -0.2) is 0 Å². The molecular formula is C7H12CuO4. The quantitative estimate of drug-likeness (QED) is 0.553. The summed E-state index contributed by atoms with van der Waals surface area (Å²) >= 11 is 0. The van der Waals surface area contributed by atoms with Crippen molar-refractivity contribution in [1.29, 1.82) is 0 Å². The molecule has 0 aliphatic rings. The van der Waals surface area contributed by atoms with Crippen LogP contribution in [0.5, 0.6) is 0 Å². The first-order valence-corrected chi connectivity index (χ1v) is 3.54. The maximum atomic E-state index is 10.6. The maximum Gasteiger partial charge on any atom is 0.306 e. The molecule has 0 amide bonds. The fourth-order valence-corrected chi connectivity index (χ4v) is 0.528. The van der Waals surface area contributed by atoms with Crippen molar-refractivity contribution in [2.75, 3.05) is 6.61 Å². The number of carboxylic acids is 1. The molecule has 12 heavy (non-hydrogen) atoms. The summed E-state index contributed by atoms with van der Waals surface area (Å²) in [7, 11) is 0. The molecule has 0 saturated heterocycles. The molecule has 0 spiro atoms. The van der Waals surface area contributed by atoms with E-state index in [-0.39, 0.29) is 36.1 Å². The van der Waals surface area contributed by atoms with Gasteiger partial charge in [0, 0.05) is 23.5 Å². The van der Waals surface area contributed by atoms with E-state index >= 15 is 0 Å². The molecule has 0 rings (SSSR count). The molecule has 0 aromatic heterocycles. The monoisotopic (exact) mass is 223 g/mol. The molecule has 0 heterocycles. The summed E-state index contributed by atoms with van der Waals surface area (Å²) in [6, 6.07) is 0. The van der Waals surface area contributed by atoms with E-state index in [1.54, 1.807) is 0 Å². The van der Waals surface area contributed by atoms with Crippen LogP contribution in [0.1, 0.15) is 26.2 Å². The average Bonchev–Trinajstić information content (AvgIpc) is 1.87. The van der Waals surface area contributed by atoms with Crippen molar-refractivity contribution < 1.29 is 36.5 Å². The van der Waals surface area contributed by atoms with E-state index in [1.807, 2.05) is 6.92 Å². The number of carbonyl (C=O) groups is 2. The summed E-state index contributed by atoms with van der Waals surface area (Å²) in [6.45, 7) is 1.84. The second kappa shape index (κ2) is 8.56. The van der Waals surface area contributed by atoms with Gasteiger partial charge in [0.25, 0.3) is 0 Å². The molecule has 5 heteroatoms. The average molecular weight is 224 g/mol. The fourth-order valence-electron chi connectivity index (χ4n) is 0.528. The van der Waals surface area contributed by atoms with Crippen molar-refractivity contribution in [1.82, 2.24) is 0 Å². The Bertz CT molecular complexity index is 146. The van der Waals surface area contributed by atoms with Gasteiger partial charge in [0.05, 0.1) is 6.42 Å². The summed E-state index contributed by atoms with van der Waals surface area (Å²) in [5, 5.41) is 8.16. The summed E-state index contributed by atoms with van der Waals surface area (Å²) in [5.41, 5.74) is 0. The van der Waals surface area contributed by atoms with Crippen LogP contribution in [0.15, 0.2) is 0 Å². The van der Waals surface area contributed by atoms with Crippen molar-refractivity contribution in [2.45, 2.75) is 26.2 Å². The molecule has 1 N–H and O–H groups in total. The van der Waals surface area contributed by atoms with Crippen LogP contribution in [-0.4, -0.2) is 23.7 Å². The third-order valence-electron chi connectivity index (χ3n) is 1.03. The Balaban J connectivity index is 0. The Morgan fingerprint density at radius 2 is 1.92 bits per heavy atom. The Labute approximate surface area is 81.8 Å². The minimum Gasteiger partial charge on any atom is -0.481 e. The van der Waals surface area contributed by atoms with Gasteiger partial charge in [0.15, 0.2) is 0 Å². The van der Waals surface area contributed by atoms with Gasteiger partial charge in [-0.15, -0.1) is 0 Å². The first kappa shape index (κ1) is 14.0. The largest absolute Gasteiger partial charge is 0.481 e. The normalized spacial score (nSPS) is 8.42. The number of ether oxygens (including phenoxy) is 1. The van der Waals surface area contributed by atoms with Crippen LogP contribution in [0.3, 0.4) is 0 Å². The molecule has 0 saturated carbocycles. The predicted octanol–water partition coefficient (Wildman–Crippen LogP) is 0.802.